The van der Waals surface area contributed by atoms with Crippen molar-refractivity contribution >= 4 is 16.9 Å². The lowest BCUT2D eigenvalue weighted by molar-refractivity contribution is 0.0522. The first-order chi connectivity index (χ1) is 14.5. The summed E-state index contributed by atoms with van der Waals surface area (Å²) in [5.74, 6) is 1.06. The lowest BCUT2D eigenvalue weighted by Crippen LogP contribution is -2.22. The van der Waals surface area contributed by atoms with Crippen molar-refractivity contribution in [1.82, 2.24) is 9.88 Å². The summed E-state index contributed by atoms with van der Waals surface area (Å²) in [5, 5.41) is 0.960. The molecule has 0 saturated heterocycles. The monoisotopic (exact) mass is 408 g/mol. The standard InChI is InChI=1S/C24H28N2O4/c1-6-30-24(27)22-16(2)18-11-7-8-12-19(18)25-20(22)15-26(3)14-17-10-9-13-21(28-4)23(17)29-5/h7-13H,6,14-15H2,1-5H3. The molecule has 0 aliphatic carbocycles. The summed E-state index contributed by atoms with van der Waals surface area (Å²) in [4.78, 5) is 19.6. The van der Waals surface area contributed by atoms with Gasteiger partial charge >= 0.3 is 5.97 Å². The average molecular weight is 408 g/mol. The van der Waals surface area contributed by atoms with E-state index >= 15 is 0 Å². The Hall–Kier alpha value is -3.12. The van der Waals surface area contributed by atoms with E-state index in [1.807, 2.05) is 63.4 Å². The van der Waals surface area contributed by atoms with E-state index in [4.69, 9.17) is 19.2 Å². The molecule has 30 heavy (non-hydrogen) atoms. The van der Waals surface area contributed by atoms with Gasteiger partial charge in [-0.2, -0.15) is 0 Å². The fraction of sp³-hybridized carbons (Fsp3) is 0.333. The minimum atomic E-state index is -0.337. The number of aryl methyl sites for hydroxylation is 1. The molecule has 6 nitrogen and oxygen atoms in total. The first kappa shape index (κ1) is 21.6. The van der Waals surface area contributed by atoms with Crippen molar-refractivity contribution in [3.63, 3.8) is 0 Å². The summed E-state index contributed by atoms with van der Waals surface area (Å²) in [6.45, 7) is 5.17. The summed E-state index contributed by atoms with van der Waals surface area (Å²) in [5.41, 5.74) is 4.00. The minimum Gasteiger partial charge on any atom is -0.493 e. The van der Waals surface area contributed by atoms with Crippen LogP contribution >= 0.6 is 0 Å². The zero-order chi connectivity index (χ0) is 21.7. The molecule has 0 radical (unpaired) electrons. The van der Waals surface area contributed by atoms with Gasteiger partial charge in [-0.25, -0.2) is 4.79 Å². The summed E-state index contributed by atoms with van der Waals surface area (Å²) in [6, 6.07) is 13.7. The second-order valence-electron chi connectivity index (χ2n) is 7.12. The predicted octanol–water partition coefficient (Wildman–Crippen LogP) is 4.37. The van der Waals surface area contributed by atoms with E-state index in [-0.39, 0.29) is 5.97 Å². The number of pyridine rings is 1. The Morgan fingerprint density at radius 2 is 1.80 bits per heavy atom. The van der Waals surface area contributed by atoms with Crippen LogP contribution in [0.15, 0.2) is 42.5 Å². The van der Waals surface area contributed by atoms with Crippen LogP contribution in [-0.2, 0) is 17.8 Å². The number of ether oxygens (including phenoxy) is 3. The number of nitrogens with zero attached hydrogens (tertiary/aromatic N) is 2. The molecule has 0 aliphatic heterocycles. The molecule has 0 saturated carbocycles. The van der Waals surface area contributed by atoms with Gasteiger partial charge in [0.2, 0.25) is 0 Å². The summed E-state index contributed by atoms with van der Waals surface area (Å²) >= 11 is 0. The van der Waals surface area contributed by atoms with Crippen molar-refractivity contribution in [3.8, 4) is 11.5 Å². The highest BCUT2D eigenvalue weighted by atomic mass is 16.5. The molecule has 0 aliphatic rings. The molecule has 0 unspecified atom stereocenters. The van der Waals surface area contributed by atoms with E-state index in [2.05, 4.69) is 4.90 Å². The Kier molecular flexibility index (Phi) is 6.90. The second kappa shape index (κ2) is 9.59. The van der Waals surface area contributed by atoms with Crippen molar-refractivity contribution in [1.29, 1.82) is 0 Å². The van der Waals surface area contributed by atoms with E-state index in [1.54, 1.807) is 14.2 Å². The number of esters is 1. The van der Waals surface area contributed by atoms with Crippen LogP contribution in [0.25, 0.3) is 10.9 Å². The lowest BCUT2D eigenvalue weighted by atomic mass is 10.0. The van der Waals surface area contributed by atoms with Crippen LogP contribution in [0.1, 0.15) is 34.1 Å². The molecule has 0 N–H and O–H groups in total. The summed E-state index contributed by atoms with van der Waals surface area (Å²) in [6.07, 6.45) is 0. The van der Waals surface area contributed by atoms with Gasteiger partial charge in [0.25, 0.3) is 0 Å². The number of para-hydroxylation sites is 2. The van der Waals surface area contributed by atoms with E-state index in [9.17, 15) is 4.79 Å². The van der Waals surface area contributed by atoms with Crippen LogP contribution in [0.5, 0.6) is 11.5 Å². The molecule has 0 fully saturated rings. The zero-order valence-corrected chi connectivity index (χ0v) is 18.2. The summed E-state index contributed by atoms with van der Waals surface area (Å²) < 4.78 is 16.3. The Balaban J connectivity index is 1.96. The van der Waals surface area contributed by atoms with Crippen LogP contribution in [0.2, 0.25) is 0 Å². The number of hydrogen-bond donors (Lipinski definition) is 0. The lowest BCUT2D eigenvalue weighted by Gasteiger charge is -2.21. The Labute approximate surface area is 177 Å². The molecule has 1 aromatic heterocycles. The Morgan fingerprint density at radius 1 is 1.03 bits per heavy atom. The average Bonchev–Trinajstić information content (AvgIpc) is 2.73. The van der Waals surface area contributed by atoms with Crippen LogP contribution in [0.3, 0.4) is 0 Å². The molecule has 1 heterocycles. The first-order valence-corrected chi connectivity index (χ1v) is 9.93. The molecular formula is C24H28N2O4. The SMILES string of the molecule is CCOC(=O)c1c(CN(C)Cc2cccc(OC)c2OC)nc2ccccc2c1C. The topological polar surface area (TPSA) is 60.9 Å². The van der Waals surface area contributed by atoms with Gasteiger partial charge in [-0.3, -0.25) is 9.88 Å². The molecular weight excluding hydrogens is 380 g/mol. The van der Waals surface area contributed by atoms with Gasteiger partial charge in [0.05, 0.1) is 37.6 Å². The molecule has 0 atom stereocenters. The number of hydrogen-bond acceptors (Lipinski definition) is 6. The Bertz CT molecular complexity index is 1050. The normalized spacial score (nSPS) is 11.0. The zero-order valence-electron chi connectivity index (χ0n) is 18.2. The minimum absolute atomic E-state index is 0.321. The molecule has 0 bridgehead atoms. The number of fused-ring (bicyclic) bond motifs is 1. The fourth-order valence-electron chi connectivity index (χ4n) is 3.71. The third kappa shape index (κ3) is 4.39. The number of methoxy groups -OCH3 is 2. The van der Waals surface area contributed by atoms with Crippen molar-refractivity contribution in [2.75, 3.05) is 27.9 Å². The first-order valence-electron chi connectivity index (χ1n) is 9.93. The van der Waals surface area contributed by atoms with Gasteiger partial charge < -0.3 is 14.2 Å². The van der Waals surface area contributed by atoms with Crippen LogP contribution in [0.4, 0.5) is 0 Å². The number of benzene rings is 2. The van der Waals surface area contributed by atoms with Crippen LogP contribution < -0.4 is 9.47 Å². The van der Waals surface area contributed by atoms with E-state index in [0.29, 0.717) is 42.5 Å². The fourth-order valence-corrected chi connectivity index (χ4v) is 3.71. The third-order valence-electron chi connectivity index (χ3n) is 5.05. The van der Waals surface area contributed by atoms with Crippen molar-refractivity contribution in [2.45, 2.75) is 26.9 Å². The number of carbonyl (C=O) groups excluding carboxylic acids is 1. The van der Waals surface area contributed by atoms with Gasteiger partial charge in [0, 0.05) is 24.0 Å². The predicted molar refractivity (Wildman–Crippen MR) is 117 cm³/mol. The smallest absolute Gasteiger partial charge is 0.340 e. The maximum atomic E-state index is 12.7. The molecule has 2 aromatic carbocycles. The van der Waals surface area contributed by atoms with Crippen LogP contribution in [-0.4, -0.2) is 43.7 Å². The van der Waals surface area contributed by atoms with E-state index in [0.717, 1.165) is 22.0 Å². The highest BCUT2D eigenvalue weighted by Crippen LogP contribution is 2.32. The van der Waals surface area contributed by atoms with Gasteiger partial charge in [-0.15, -0.1) is 0 Å². The quantitative estimate of drug-likeness (QED) is 0.516. The van der Waals surface area contributed by atoms with Crippen LogP contribution in [0, 0.1) is 6.92 Å². The van der Waals surface area contributed by atoms with Gasteiger partial charge in [-0.05, 0) is 38.6 Å². The summed E-state index contributed by atoms with van der Waals surface area (Å²) in [7, 11) is 5.24. The van der Waals surface area contributed by atoms with Gasteiger partial charge in [-0.1, -0.05) is 30.3 Å². The highest BCUT2D eigenvalue weighted by Gasteiger charge is 2.21. The molecule has 158 valence electrons. The van der Waals surface area contributed by atoms with E-state index < -0.39 is 0 Å². The number of carbonyl (C=O) groups is 1. The van der Waals surface area contributed by atoms with Crippen molar-refractivity contribution in [3.05, 3.63) is 64.8 Å². The maximum Gasteiger partial charge on any atom is 0.340 e. The molecule has 6 heteroatoms. The van der Waals surface area contributed by atoms with Crippen molar-refractivity contribution in [2.24, 2.45) is 0 Å². The number of aromatic nitrogens is 1. The maximum absolute atomic E-state index is 12.7. The second-order valence-corrected chi connectivity index (χ2v) is 7.12. The number of rotatable bonds is 8. The molecule has 0 amide bonds. The van der Waals surface area contributed by atoms with Gasteiger partial charge in [0.1, 0.15) is 0 Å². The largest absolute Gasteiger partial charge is 0.493 e. The van der Waals surface area contributed by atoms with Crippen molar-refractivity contribution < 1.29 is 19.0 Å². The van der Waals surface area contributed by atoms with Gasteiger partial charge in [0.15, 0.2) is 11.5 Å². The Morgan fingerprint density at radius 3 is 2.50 bits per heavy atom. The van der Waals surface area contributed by atoms with E-state index in [1.165, 1.54) is 0 Å². The third-order valence-corrected chi connectivity index (χ3v) is 5.05. The highest BCUT2D eigenvalue weighted by molar-refractivity contribution is 5.98. The molecule has 0 spiro atoms. The molecule has 3 aromatic rings. The molecule has 3 rings (SSSR count).